The number of carboxylic acid groups (broad SMARTS) is 1. The second-order valence-electron chi connectivity index (χ2n) is 5.69. The predicted molar refractivity (Wildman–Crippen MR) is 83.9 cm³/mol. The Morgan fingerprint density at radius 1 is 1.41 bits per heavy atom. The van der Waals surface area contributed by atoms with Crippen LogP contribution in [0, 0.1) is 0 Å². The first-order valence-corrected chi connectivity index (χ1v) is 7.64. The summed E-state index contributed by atoms with van der Waals surface area (Å²) in [4.78, 5) is 24.3. The van der Waals surface area contributed by atoms with Gasteiger partial charge < -0.3 is 20.5 Å². The van der Waals surface area contributed by atoms with E-state index in [1.54, 1.807) is 0 Å². The number of carboxylic acids is 1. The van der Waals surface area contributed by atoms with Gasteiger partial charge in [0.2, 0.25) is 0 Å². The second kappa shape index (κ2) is 9.42. The van der Waals surface area contributed by atoms with Gasteiger partial charge in [0.05, 0.1) is 19.8 Å². The summed E-state index contributed by atoms with van der Waals surface area (Å²) in [5.41, 5.74) is 0.951. The molecule has 0 atom stereocenters. The van der Waals surface area contributed by atoms with Gasteiger partial charge in [0.1, 0.15) is 0 Å². The lowest BCUT2D eigenvalue weighted by atomic mass is 9.85. The zero-order valence-electron chi connectivity index (χ0n) is 13.4. The van der Waals surface area contributed by atoms with Gasteiger partial charge >= 0.3 is 12.0 Å². The number of rotatable bonds is 10. The van der Waals surface area contributed by atoms with Crippen LogP contribution in [0.3, 0.4) is 0 Å². The Morgan fingerprint density at radius 2 is 2.09 bits per heavy atom. The highest BCUT2D eigenvalue weighted by Gasteiger charge is 2.34. The van der Waals surface area contributed by atoms with Crippen LogP contribution in [0.2, 0.25) is 0 Å². The van der Waals surface area contributed by atoms with E-state index in [-0.39, 0.29) is 24.7 Å². The predicted octanol–water partition coefficient (Wildman–Crippen LogP) is 0.816. The van der Waals surface area contributed by atoms with Crippen LogP contribution < -0.4 is 10.6 Å². The normalized spacial score (nSPS) is 20.3. The molecule has 1 saturated carbocycles. The number of nitrogens with one attached hydrogen (secondary N) is 2. The van der Waals surface area contributed by atoms with Gasteiger partial charge in [-0.1, -0.05) is 19.1 Å². The summed E-state index contributed by atoms with van der Waals surface area (Å²) in [6.45, 7) is 9.73. The fraction of sp³-hybridized carbons (Fsp3) is 0.733. The van der Waals surface area contributed by atoms with E-state index < -0.39 is 5.97 Å². The summed E-state index contributed by atoms with van der Waals surface area (Å²) in [6, 6.07) is 0.151. The molecule has 7 nitrogen and oxygen atoms in total. The van der Waals surface area contributed by atoms with Crippen molar-refractivity contribution in [1.82, 2.24) is 15.5 Å². The zero-order valence-corrected chi connectivity index (χ0v) is 13.4. The molecule has 0 aromatic rings. The number of carbonyl (C=O) groups is 2. The van der Waals surface area contributed by atoms with Gasteiger partial charge in [-0.3, -0.25) is 9.69 Å². The molecule has 1 aliphatic carbocycles. The molecule has 0 spiro atoms. The van der Waals surface area contributed by atoms with E-state index in [0.29, 0.717) is 26.3 Å². The smallest absolute Gasteiger partial charge is 0.317 e. The first-order valence-electron chi connectivity index (χ1n) is 7.64. The summed E-state index contributed by atoms with van der Waals surface area (Å²) in [6.07, 6.45) is 1.58. The third-order valence-electron chi connectivity index (χ3n) is 3.59. The van der Waals surface area contributed by atoms with E-state index in [1.807, 2.05) is 18.7 Å². The van der Waals surface area contributed by atoms with Crippen molar-refractivity contribution in [3.05, 3.63) is 12.2 Å². The van der Waals surface area contributed by atoms with Gasteiger partial charge in [0, 0.05) is 18.6 Å². The molecule has 0 radical (unpaired) electrons. The van der Waals surface area contributed by atoms with Crippen molar-refractivity contribution in [1.29, 1.82) is 0 Å². The van der Waals surface area contributed by atoms with E-state index in [9.17, 15) is 9.59 Å². The molecule has 0 bridgehead atoms. The first kappa shape index (κ1) is 18.4. The van der Waals surface area contributed by atoms with Crippen molar-refractivity contribution in [2.24, 2.45) is 0 Å². The standard InChI is InChI=1S/C15H27N3O4/c1-4-18(9-14(19)20)13-7-12(8-13)17-15(21)16-5-6-22-10-11(2)3/h12-13H,2,4-10H2,1,3H3,(H,19,20)(H2,16,17,21). The molecule has 0 aromatic carbocycles. The molecular formula is C15H27N3O4. The van der Waals surface area contributed by atoms with Crippen LogP contribution in [-0.2, 0) is 9.53 Å². The second-order valence-corrected chi connectivity index (χ2v) is 5.69. The molecule has 126 valence electrons. The maximum atomic E-state index is 11.7. The molecular weight excluding hydrogens is 286 g/mol. The lowest BCUT2D eigenvalue weighted by molar-refractivity contribution is -0.139. The van der Waals surface area contributed by atoms with E-state index >= 15 is 0 Å². The van der Waals surface area contributed by atoms with E-state index in [2.05, 4.69) is 17.2 Å². The van der Waals surface area contributed by atoms with Gasteiger partial charge in [0.15, 0.2) is 0 Å². The molecule has 1 fully saturated rings. The minimum Gasteiger partial charge on any atom is -0.480 e. The summed E-state index contributed by atoms with van der Waals surface area (Å²) < 4.78 is 5.29. The quantitative estimate of drug-likeness (QED) is 0.410. The largest absolute Gasteiger partial charge is 0.480 e. The highest BCUT2D eigenvalue weighted by Crippen LogP contribution is 2.25. The van der Waals surface area contributed by atoms with Crippen LogP contribution in [0.4, 0.5) is 4.79 Å². The summed E-state index contributed by atoms with van der Waals surface area (Å²) >= 11 is 0. The zero-order chi connectivity index (χ0) is 16.5. The summed E-state index contributed by atoms with van der Waals surface area (Å²) in [5.74, 6) is -0.814. The number of hydrogen-bond acceptors (Lipinski definition) is 4. The number of amides is 2. The molecule has 1 rings (SSSR count). The Balaban J connectivity index is 2.10. The van der Waals surface area contributed by atoms with E-state index in [4.69, 9.17) is 9.84 Å². The topological polar surface area (TPSA) is 90.9 Å². The minimum atomic E-state index is -0.814. The third-order valence-corrected chi connectivity index (χ3v) is 3.59. The lowest BCUT2D eigenvalue weighted by Crippen LogP contribution is -2.56. The number of aliphatic carboxylic acids is 1. The Hall–Kier alpha value is -1.60. The average Bonchev–Trinajstić information content (AvgIpc) is 2.39. The maximum Gasteiger partial charge on any atom is 0.317 e. The number of nitrogens with zero attached hydrogens (tertiary/aromatic N) is 1. The van der Waals surface area contributed by atoms with Crippen molar-refractivity contribution in [2.75, 3.05) is 32.8 Å². The molecule has 0 unspecified atom stereocenters. The average molecular weight is 313 g/mol. The Kier molecular flexibility index (Phi) is 7.90. The SMILES string of the molecule is C=C(C)COCCNC(=O)NC1CC(N(CC)CC(=O)O)C1. The Bertz CT molecular complexity index is 394. The highest BCUT2D eigenvalue weighted by atomic mass is 16.5. The molecule has 2 amide bonds. The Morgan fingerprint density at radius 3 is 2.64 bits per heavy atom. The Labute approximate surface area is 131 Å². The molecule has 0 aromatic heterocycles. The summed E-state index contributed by atoms with van der Waals surface area (Å²) in [7, 11) is 0. The molecule has 7 heteroatoms. The maximum absolute atomic E-state index is 11.7. The number of urea groups is 1. The van der Waals surface area contributed by atoms with Crippen LogP contribution in [0.1, 0.15) is 26.7 Å². The van der Waals surface area contributed by atoms with Crippen LogP contribution in [0.15, 0.2) is 12.2 Å². The van der Waals surface area contributed by atoms with Crippen LogP contribution in [0.25, 0.3) is 0 Å². The van der Waals surface area contributed by atoms with Crippen molar-refractivity contribution in [3.63, 3.8) is 0 Å². The van der Waals surface area contributed by atoms with E-state index in [1.165, 1.54) is 0 Å². The van der Waals surface area contributed by atoms with Crippen LogP contribution in [0.5, 0.6) is 0 Å². The van der Waals surface area contributed by atoms with Gasteiger partial charge in [-0.2, -0.15) is 0 Å². The molecule has 1 aliphatic rings. The highest BCUT2D eigenvalue weighted by molar-refractivity contribution is 5.74. The minimum absolute atomic E-state index is 0.0557. The van der Waals surface area contributed by atoms with Gasteiger partial charge in [-0.25, -0.2) is 4.79 Å². The van der Waals surface area contributed by atoms with Gasteiger partial charge in [-0.15, -0.1) is 0 Å². The molecule has 0 heterocycles. The number of carbonyl (C=O) groups excluding carboxylic acids is 1. The van der Waals surface area contributed by atoms with Crippen LogP contribution >= 0.6 is 0 Å². The van der Waals surface area contributed by atoms with Crippen molar-refractivity contribution >= 4 is 12.0 Å². The molecule has 0 aliphatic heterocycles. The number of ether oxygens (including phenoxy) is 1. The number of likely N-dealkylation sites (N-methyl/N-ethyl adjacent to an activating group) is 1. The fourth-order valence-electron chi connectivity index (χ4n) is 2.40. The molecule has 22 heavy (non-hydrogen) atoms. The molecule has 0 saturated heterocycles. The van der Waals surface area contributed by atoms with E-state index in [0.717, 1.165) is 18.4 Å². The fourth-order valence-corrected chi connectivity index (χ4v) is 2.40. The van der Waals surface area contributed by atoms with Crippen molar-refractivity contribution in [2.45, 2.75) is 38.8 Å². The van der Waals surface area contributed by atoms with Gasteiger partial charge in [-0.05, 0) is 26.3 Å². The van der Waals surface area contributed by atoms with Gasteiger partial charge in [0.25, 0.3) is 0 Å². The van der Waals surface area contributed by atoms with Crippen LogP contribution in [-0.4, -0.2) is 66.9 Å². The lowest BCUT2D eigenvalue weighted by Gasteiger charge is -2.42. The summed E-state index contributed by atoms with van der Waals surface area (Å²) in [5, 5.41) is 14.4. The molecule has 3 N–H and O–H groups in total. The number of hydrogen-bond donors (Lipinski definition) is 3. The third kappa shape index (κ3) is 6.91. The first-order chi connectivity index (χ1) is 10.4. The monoisotopic (exact) mass is 313 g/mol. The van der Waals surface area contributed by atoms with Crippen molar-refractivity contribution in [3.8, 4) is 0 Å². The van der Waals surface area contributed by atoms with Crippen molar-refractivity contribution < 1.29 is 19.4 Å².